The van der Waals surface area contributed by atoms with Crippen LogP contribution in [-0.4, -0.2) is 4.98 Å². The smallest absolute Gasteiger partial charge is 0.122 e. The predicted octanol–water partition coefficient (Wildman–Crippen LogP) is 6.26. The van der Waals surface area contributed by atoms with Gasteiger partial charge in [0.1, 0.15) is 10.7 Å². The zero-order valence-corrected chi connectivity index (χ0v) is 14.1. The second kappa shape index (κ2) is 6.55. The molecule has 0 saturated heterocycles. The van der Waals surface area contributed by atoms with Crippen LogP contribution in [0.2, 0.25) is 10.0 Å². The van der Waals surface area contributed by atoms with E-state index in [0.29, 0.717) is 25.8 Å². The molecule has 0 saturated carbocycles. The van der Waals surface area contributed by atoms with E-state index in [1.54, 1.807) is 18.2 Å². The molecule has 1 heterocycles. The summed E-state index contributed by atoms with van der Waals surface area (Å²) in [7, 11) is 0. The molecule has 0 aliphatic carbocycles. The molecule has 0 fully saturated rings. The lowest BCUT2D eigenvalue weighted by Gasteiger charge is -2.11. The van der Waals surface area contributed by atoms with Crippen molar-refractivity contribution in [3.05, 3.63) is 74.8 Å². The molecule has 2 aromatic carbocycles. The highest BCUT2D eigenvalue weighted by atomic mass is 35.5. The van der Waals surface area contributed by atoms with Crippen molar-refractivity contribution in [1.82, 2.24) is 4.98 Å². The van der Waals surface area contributed by atoms with Crippen LogP contribution >= 0.6 is 35.4 Å². The van der Waals surface area contributed by atoms with Crippen LogP contribution in [0.15, 0.2) is 54.6 Å². The first kappa shape index (κ1) is 15.8. The van der Waals surface area contributed by atoms with Gasteiger partial charge in [0.25, 0.3) is 0 Å². The van der Waals surface area contributed by atoms with Crippen LogP contribution < -0.4 is 0 Å². The Balaban J connectivity index is 2.29. The van der Waals surface area contributed by atoms with E-state index in [4.69, 9.17) is 35.4 Å². The molecule has 3 rings (SSSR count). The highest BCUT2D eigenvalue weighted by Crippen LogP contribution is 2.34. The van der Waals surface area contributed by atoms with Crippen LogP contribution in [0.25, 0.3) is 22.4 Å². The summed E-state index contributed by atoms with van der Waals surface area (Å²) in [5.41, 5.74) is 3.62. The van der Waals surface area contributed by atoms with Gasteiger partial charge < -0.3 is 4.98 Å². The zero-order valence-electron chi connectivity index (χ0n) is 11.8. The summed E-state index contributed by atoms with van der Waals surface area (Å²) in [4.78, 5) is 3.11. The maximum atomic E-state index is 9.46. The Hall–Kier alpha value is -2.12. The number of H-pyrrole nitrogens is 1. The topological polar surface area (TPSA) is 39.6 Å². The normalized spacial score (nSPS) is 10.3. The van der Waals surface area contributed by atoms with Crippen LogP contribution in [0.3, 0.4) is 0 Å². The van der Waals surface area contributed by atoms with Crippen molar-refractivity contribution in [2.45, 2.75) is 0 Å². The molecule has 0 aliphatic heterocycles. The van der Waals surface area contributed by atoms with Crippen LogP contribution in [0, 0.1) is 16.0 Å². The quantitative estimate of drug-likeness (QED) is 0.550. The number of aromatic amines is 1. The van der Waals surface area contributed by atoms with Gasteiger partial charge in [-0.3, -0.25) is 0 Å². The van der Waals surface area contributed by atoms with Crippen molar-refractivity contribution in [1.29, 1.82) is 5.26 Å². The monoisotopic (exact) mass is 356 g/mol. The third-order valence-corrected chi connectivity index (χ3v) is 4.31. The lowest BCUT2D eigenvalue weighted by molar-refractivity contribution is 1.27. The summed E-state index contributed by atoms with van der Waals surface area (Å²) < 4.78 is 0.384. The van der Waals surface area contributed by atoms with Crippen molar-refractivity contribution in [2.75, 3.05) is 0 Å². The van der Waals surface area contributed by atoms with Gasteiger partial charge in [0.15, 0.2) is 0 Å². The summed E-state index contributed by atoms with van der Waals surface area (Å²) >= 11 is 17.6. The molecule has 2 nitrogen and oxygen atoms in total. The molecule has 1 N–H and O–H groups in total. The molecule has 0 bridgehead atoms. The number of hydrogen-bond donors (Lipinski definition) is 1. The van der Waals surface area contributed by atoms with E-state index in [2.05, 4.69) is 11.1 Å². The van der Waals surface area contributed by atoms with Crippen LogP contribution in [-0.2, 0) is 0 Å². The molecule has 112 valence electrons. The first-order valence-corrected chi connectivity index (χ1v) is 7.95. The van der Waals surface area contributed by atoms with E-state index in [-0.39, 0.29) is 0 Å². The number of hydrogen-bond acceptors (Lipinski definition) is 2. The Bertz CT molecular complexity index is 973. The maximum absolute atomic E-state index is 9.46. The summed E-state index contributed by atoms with van der Waals surface area (Å²) in [5.74, 6) is 0. The lowest BCUT2D eigenvalue weighted by Crippen LogP contribution is -1.93. The summed E-state index contributed by atoms with van der Waals surface area (Å²) in [6, 6.07) is 19.0. The predicted molar refractivity (Wildman–Crippen MR) is 97.2 cm³/mol. The first-order valence-electron chi connectivity index (χ1n) is 6.78. The number of aromatic nitrogens is 1. The summed E-state index contributed by atoms with van der Waals surface area (Å²) in [6.45, 7) is 0. The molecular weight excluding hydrogens is 347 g/mol. The average Bonchev–Trinajstić information content (AvgIpc) is 2.55. The third kappa shape index (κ3) is 3.16. The van der Waals surface area contributed by atoms with Gasteiger partial charge in [-0.2, -0.15) is 5.26 Å². The Morgan fingerprint density at radius 1 is 0.957 bits per heavy atom. The van der Waals surface area contributed by atoms with Gasteiger partial charge >= 0.3 is 0 Å². The number of nitrogens with zero attached hydrogens (tertiary/aromatic N) is 1. The third-order valence-electron chi connectivity index (χ3n) is 3.45. The Kier molecular flexibility index (Phi) is 4.49. The van der Waals surface area contributed by atoms with Gasteiger partial charge in [-0.15, -0.1) is 0 Å². The molecule has 0 unspecified atom stereocenters. The van der Waals surface area contributed by atoms with Crippen molar-refractivity contribution < 1.29 is 0 Å². The highest BCUT2D eigenvalue weighted by molar-refractivity contribution is 7.71. The van der Waals surface area contributed by atoms with Gasteiger partial charge in [-0.25, -0.2) is 0 Å². The van der Waals surface area contributed by atoms with E-state index in [0.717, 1.165) is 16.8 Å². The standard InChI is InChI=1S/C18H10Cl2N2S/c19-12-6-7-13(16(20)8-12)14-9-17(11-4-2-1-3-5-11)22-18(23)15(14)10-21/h1-9H,(H,22,23). The lowest BCUT2D eigenvalue weighted by atomic mass is 9.99. The Labute approximate surface area is 148 Å². The van der Waals surface area contributed by atoms with Crippen molar-refractivity contribution in [2.24, 2.45) is 0 Å². The van der Waals surface area contributed by atoms with Gasteiger partial charge in [0, 0.05) is 26.9 Å². The number of nitriles is 1. The molecule has 0 aliphatic rings. The highest BCUT2D eigenvalue weighted by Gasteiger charge is 2.13. The fourth-order valence-electron chi connectivity index (χ4n) is 2.36. The molecule has 23 heavy (non-hydrogen) atoms. The van der Waals surface area contributed by atoms with Gasteiger partial charge in [-0.1, -0.05) is 71.8 Å². The van der Waals surface area contributed by atoms with Crippen molar-refractivity contribution >= 4 is 35.4 Å². The fraction of sp³-hybridized carbons (Fsp3) is 0. The molecule has 1 aromatic heterocycles. The molecule has 0 amide bonds. The van der Waals surface area contributed by atoms with E-state index in [9.17, 15) is 5.26 Å². The van der Waals surface area contributed by atoms with Crippen LogP contribution in [0.4, 0.5) is 0 Å². The SMILES string of the molecule is N#Cc1c(-c2ccc(Cl)cc2Cl)cc(-c2ccccc2)[nH]c1=S. The zero-order chi connectivity index (χ0) is 16.4. The number of nitrogens with one attached hydrogen (secondary N) is 1. The molecule has 0 spiro atoms. The van der Waals surface area contributed by atoms with E-state index in [1.807, 2.05) is 36.4 Å². The first-order chi connectivity index (χ1) is 11.1. The van der Waals surface area contributed by atoms with E-state index < -0.39 is 0 Å². The van der Waals surface area contributed by atoms with Gasteiger partial charge in [0.05, 0.1) is 5.56 Å². The number of halogens is 2. The molecule has 0 radical (unpaired) electrons. The average molecular weight is 357 g/mol. The molecule has 5 heteroatoms. The number of pyridine rings is 1. The summed E-state index contributed by atoms with van der Waals surface area (Å²) in [6.07, 6.45) is 0. The minimum Gasteiger partial charge on any atom is -0.345 e. The van der Waals surface area contributed by atoms with Crippen LogP contribution in [0.1, 0.15) is 5.56 Å². The second-order valence-corrected chi connectivity index (χ2v) is 6.15. The summed E-state index contributed by atoms with van der Waals surface area (Å²) in [5, 5.41) is 10.5. The molecule has 3 aromatic rings. The Morgan fingerprint density at radius 2 is 1.70 bits per heavy atom. The second-order valence-electron chi connectivity index (χ2n) is 4.90. The van der Waals surface area contributed by atoms with E-state index in [1.165, 1.54) is 0 Å². The number of benzene rings is 2. The van der Waals surface area contributed by atoms with Gasteiger partial charge in [0.2, 0.25) is 0 Å². The van der Waals surface area contributed by atoms with Gasteiger partial charge in [-0.05, 0) is 23.8 Å². The van der Waals surface area contributed by atoms with E-state index >= 15 is 0 Å². The largest absolute Gasteiger partial charge is 0.345 e. The Morgan fingerprint density at radius 3 is 2.35 bits per heavy atom. The minimum absolute atomic E-state index is 0.384. The van der Waals surface area contributed by atoms with Crippen LogP contribution in [0.5, 0.6) is 0 Å². The minimum atomic E-state index is 0.384. The van der Waals surface area contributed by atoms with Crippen molar-refractivity contribution in [3.63, 3.8) is 0 Å². The number of rotatable bonds is 2. The maximum Gasteiger partial charge on any atom is 0.122 e. The molecule has 0 atom stereocenters. The van der Waals surface area contributed by atoms with Crippen molar-refractivity contribution in [3.8, 4) is 28.5 Å². The molecular formula is C18H10Cl2N2S. The fourth-order valence-corrected chi connectivity index (χ4v) is 3.14.